The fourth-order valence-electron chi connectivity index (χ4n) is 1.22. The Labute approximate surface area is 88.5 Å². The minimum atomic E-state index is -3.24. The van der Waals surface area contributed by atoms with Gasteiger partial charge in [0.25, 0.3) is 0 Å². The summed E-state index contributed by atoms with van der Waals surface area (Å²) in [5.74, 6) is 0.0919. The lowest BCUT2D eigenvalue weighted by Gasteiger charge is -2.05. The van der Waals surface area contributed by atoms with Crippen LogP contribution in [0.1, 0.15) is 12.8 Å². The van der Waals surface area contributed by atoms with Gasteiger partial charge < -0.3 is 5.32 Å². The van der Waals surface area contributed by atoms with E-state index >= 15 is 0 Å². The molecule has 0 bridgehead atoms. The highest BCUT2D eigenvalue weighted by Crippen LogP contribution is 2.18. The highest BCUT2D eigenvalue weighted by molar-refractivity contribution is 7.92. The number of aromatic nitrogens is 2. The van der Waals surface area contributed by atoms with Crippen LogP contribution in [0.2, 0.25) is 0 Å². The summed E-state index contributed by atoms with van der Waals surface area (Å²) in [6.45, 7) is 0.498. The lowest BCUT2D eigenvalue weighted by atomic mass is 10.6. The quantitative estimate of drug-likeness (QED) is 0.637. The van der Waals surface area contributed by atoms with Gasteiger partial charge in [0, 0.05) is 18.8 Å². The molecule has 84 valence electrons. The molecular formula is C8H14N4O2S. The Morgan fingerprint density at radius 1 is 1.53 bits per heavy atom. The van der Waals surface area contributed by atoms with Gasteiger partial charge in [0.2, 0.25) is 10.0 Å². The first-order valence-corrected chi connectivity index (χ1v) is 6.53. The molecule has 0 aliphatic heterocycles. The van der Waals surface area contributed by atoms with Crippen molar-refractivity contribution < 1.29 is 8.42 Å². The monoisotopic (exact) mass is 230 g/mol. The van der Waals surface area contributed by atoms with Gasteiger partial charge in [0.1, 0.15) is 0 Å². The van der Waals surface area contributed by atoms with Crippen molar-refractivity contribution in [2.45, 2.75) is 18.9 Å². The molecule has 0 spiro atoms. The maximum Gasteiger partial charge on any atom is 0.234 e. The van der Waals surface area contributed by atoms with Gasteiger partial charge in [-0.25, -0.2) is 8.42 Å². The molecule has 1 aliphatic rings. The molecule has 1 fully saturated rings. The molecule has 1 saturated carbocycles. The van der Waals surface area contributed by atoms with Gasteiger partial charge in [0.05, 0.1) is 17.6 Å². The number of aromatic amines is 1. The molecule has 1 aromatic rings. The van der Waals surface area contributed by atoms with Gasteiger partial charge in [-0.05, 0) is 12.8 Å². The molecule has 7 heteroatoms. The van der Waals surface area contributed by atoms with Crippen LogP contribution < -0.4 is 10.0 Å². The molecule has 0 unspecified atom stereocenters. The molecule has 1 aromatic heterocycles. The second-order valence-corrected chi connectivity index (χ2v) is 5.48. The van der Waals surface area contributed by atoms with Crippen molar-refractivity contribution in [3.8, 4) is 0 Å². The summed E-state index contributed by atoms with van der Waals surface area (Å²) < 4.78 is 25.4. The van der Waals surface area contributed by atoms with Gasteiger partial charge in [0.15, 0.2) is 0 Å². The van der Waals surface area contributed by atoms with Crippen LogP contribution in [0.15, 0.2) is 12.4 Å². The van der Waals surface area contributed by atoms with Crippen molar-refractivity contribution in [3.63, 3.8) is 0 Å². The number of H-pyrrole nitrogens is 1. The molecule has 0 radical (unpaired) electrons. The number of sulfonamides is 1. The van der Waals surface area contributed by atoms with Gasteiger partial charge in [-0.2, -0.15) is 5.10 Å². The van der Waals surface area contributed by atoms with Crippen molar-refractivity contribution in [1.82, 2.24) is 15.5 Å². The zero-order valence-electron chi connectivity index (χ0n) is 8.23. The molecule has 2 rings (SSSR count). The first-order chi connectivity index (χ1) is 7.16. The van der Waals surface area contributed by atoms with Crippen molar-refractivity contribution in [1.29, 1.82) is 0 Å². The van der Waals surface area contributed by atoms with E-state index in [1.54, 1.807) is 0 Å². The lowest BCUT2D eigenvalue weighted by Crippen LogP contribution is -2.27. The zero-order chi connectivity index (χ0) is 10.7. The van der Waals surface area contributed by atoms with Crippen LogP contribution in [0.4, 0.5) is 5.69 Å². The Kier molecular flexibility index (Phi) is 2.92. The molecule has 1 heterocycles. The van der Waals surface area contributed by atoms with Crippen molar-refractivity contribution in [3.05, 3.63) is 12.4 Å². The number of nitrogens with one attached hydrogen (secondary N) is 3. The molecule has 0 amide bonds. The molecule has 0 saturated heterocycles. The average Bonchev–Trinajstić information content (AvgIpc) is 2.83. The Morgan fingerprint density at radius 2 is 2.33 bits per heavy atom. The predicted octanol–water partition coefficient (Wildman–Crippen LogP) is -0.0966. The maximum atomic E-state index is 11.5. The van der Waals surface area contributed by atoms with Crippen LogP contribution in [0.3, 0.4) is 0 Å². The molecule has 15 heavy (non-hydrogen) atoms. The van der Waals surface area contributed by atoms with E-state index in [0.717, 1.165) is 12.8 Å². The van der Waals surface area contributed by atoms with Gasteiger partial charge >= 0.3 is 0 Å². The molecule has 3 N–H and O–H groups in total. The van der Waals surface area contributed by atoms with E-state index in [1.807, 2.05) is 0 Å². The summed E-state index contributed by atoms with van der Waals surface area (Å²) in [5.41, 5.74) is 0.474. The standard InChI is InChI=1S/C8H14N4O2S/c13-15(14,4-3-9-7-1-2-7)12-8-5-10-11-6-8/h5-7,9,12H,1-4H2,(H,10,11). The third kappa shape index (κ3) is 3.52. The van der Waals surface area contributed by atoms with Crippen LogP contribution >= 0.6 is 0 Å². The Hall–Kier alpha value is -1.08. The average molecular weight is 230 g/mol. The summed E-state index contributed by atoms with van der Waals surface area (Å²) in [5, 5.41) is 9.35. The number of hydrogen-bond donors (Lipinski definition) is 3. The Balaban J connectivity index is 1.78. The smallest absolute Gasteiger partial charge is 0.234 e. The van der Waals surface area contributed by atoms with E-state index in [1.165, 1.54) is 12.4 Å². The highest BCUT2D eigenvalue weighted by Gasteiger charge is 2.21. The topological polar surface area (TPSA) is 86.9 Å². The number of nitrogens with zero attached hydrogens (tertiary/aromatic N) is 1. The van der Waals surface area contributed by atoms with Crippen LogP contribution in [-0.2, 0) is 10.0 Å². The second-order valence-electron chi connectivity index (χ2n) is 3.64. The van der Waals surface area contributed by atoms with E-state index in [9.17, 15) is 8.42 Å². The van der Waals surface area contributed by atoms with Gasteiger partial charge in [-0.15, -0.1) is 0 Å². The van der Waals surface area contributed by atoms with Crippen LogP contribution in [-0.4, -0.2) is 37.0 Å². The van der Waals surface area contributed by atoms with E-state index in [0.29, 0.717) is 18.3 Å². The van der Waals surface area contributed by atoms with Crippen molar-refractivity contribution in [2.24, 2.45) is 0 Å². The minimum absolute atomic E-state index is 0.0919. The summed E-state index contributed by atoms with van der Waals surface area (Å²) in [7, 11) is -3.24. The number of hydrogen-bond acceptors (Lipinski definition) is 4. The molecule has 0 atom stereocenters. The van der Waals surface area contributed by atoms with E-state index in [-0.39, 0.29) is 5.75 Å². The Bertz CT molecular complexity index is 396. The fourth-order valence-corrected chi connectivity index (χ4v) is 2.18. The molecule has 0 aromatic carbocycles. The summed E-state index contributed by atoms with van der Waals surface area (Å²) in [6.07, 6.45) is 5.27. The summed E-state index contributed by atoms with van der Waals surface area (Å²) in [6, 6.07) is 0.536. The fraction of sp³-hybridized carbons (Fsp3) is 0.625. The van der Waals surface area contributed by atoms with Crippen molar-refractivity contribution in [2.75, 3.05) is 17.0 Å². The largest absolute Gasteiger partial charge is 0.313 e. The third-order valence-corrected chi connectivity index (χ3v) is 3.44. The highest BCUT2D eigenvalue weighted by atomic mass is 32.2. The molecule has 1 aliphatic carbocycles. The van der Waals surface area contributed by atoms with Crippen LogP contribution in [0.25, 0.3) is 0 Å². The van der Waals surface area contributed by atoms with E-state index in [2.05, 4.69) is 20.2 Å². The first kappa shape index (κ1) is 10.4. The van der Waals surface area contributed by atoms with Gasteiger partial charge in [-0.3, -0.25) is 9.82 Å². The van der Waals surface area contributed by atoms with E-state index < -0.39 is 10.0 Å². The second kappa shape index (κ2) is 4.19. The van der Waals surface area contributed by atoms with Crippen LogP contribution in [0.5, 0.6) is 0 Å². The zero-order valence-corrected chi connectivity index (χ0v) is 9.05. The predicted molar refractivity (Wildman–Crippen MR) is 57.0 cm³/mol. The van der Waals surface area contributed by atoms with Crippen LogP contribution in [0, 0.1) is 0 Å². The maximum absolute atomic E-state index is 11.5. The Morgan fingerprint density at radius 3 is 2.93 bits per heavy atom. The van der Waals surface area contributed by atoms with E-state index in [4.69, 9.17) is 0 Å². The van der Waals surface area contributed by atoms with Crippen molar-refractivity contribution >= 4 is 15.7 Å². The minimum Gasteiger partial charge on any atom is -0.313 e. The number of rotatable bonds is 6. The summed E-state index contributed by atoms with van der Waals surface area (Å²) >= 11 is 0. The lowest BCUT2D eigenvalue weighted by molar-refractivity contribution is 0.595. The first-order valence-electron chi connectivity index (χ1n) is 4.88. The molecule has 6 nitrogen and oxygen atoms in total. The third-order valence-electron chi connectivity index (χ3n) is 2.15. The normalized spacial score (nSPS) is 16.5. The summed E-state index contributed by atoms with van der Waals surface area (Å²) in [4.78, 5) is 0. The number of anilines is 1. The molecular weight excluding hydrogens is 216 g/mol. The van der Waals surface area contributed by atoms with Gasteiger partial charge in [-0.1, -0.05) is 0 Å². The SMILES string of the molecule is O=S(=O)(CCNC1CC1)Nc1cn[nH]c1.